The fraction of sp³-hybridized carbons (Fsp3) is 0.263. The molecule has 2 amide bonds. The van der Waals surface area contributed by atoms with Crippen molar-refractivity contribution in [1.29, 1.82) is 0 Å². The van der Waals surface area contributed by atoms with Crippen LogP contribution in [0.4, 0.5) is 14.5 Å². The summed E-state index contributed by atoms with van der Waals surface area (Å²) in [6.45, 7) is 1.96. The Morgan fingerprint density at radius 2 is 1.96 bits per heavy atom. The molecule has 1 aliphatic heterocycles. The first kappa shape index (κ1) is 18.5. The summed E-state index contributed by atoms with van der Waals surface area (Å²) in [6.07, 6.45) is 0.109. The van der Waals surface area contributed by atoms with Crippen LogP contribution >= 0.6 is 15.9 Å². The molecular weight excluding hydrogens is 406 g/mol. The van der Waals surface area contributed by atoms with E-state index in [9.17, 15) is 18.4 Å². The largest absolute Gasteiger partial charge is 0.349 e. The molecule has 0 radical (unpaired) electrons. The summed E-state index contributed by atoms with van der Waals surface area (Å²) in [5.74, 6) is -2.80. The van der Waals surface area contributed by atoms with Crippen molar-refractivity contribution in [2.45, 2.75) is 19.4 Å². The van der Waals surface area contributed by atoms with Gasteiger partial charge in [-0.1, -0.05) is 18.2 Å². The van der Waals surface area contributed by atoms with Crippen molar-refractivity contribution in [2.75, 3.05) is 11.4 Å². The maximum atomic E-state index is 13.4. The number of rotatable bonds is 4. The second-order valence-electron chi connectivity index (χ2n) is 6.26. The standard InChI is InChI=1S/C19H17BrF2N2O2/c1-11(12-6-7-15(21)16(22)8-12)23-19(26)13-9-18(25)24(10-13)17-5-3-2-4-14(17)20/h2-8,11,13H,9-10H2,1H3,(H,23,26). The maximum Gasteiger partial charge on any atom is 0.227 e. The van der Waals surface area contributed by atoms with Crippen molar-refractivity contribution in [1.82, 2.24) is 5.32 Å². The van der Waals surface area contributed by atoms with Gasteiger partial charge in [-0.2, -0.15) is 0 Å². The Bertz CT molecular complexity index is 859. The van der Waals surface area contributed by atoms with Gasteiger partial charge in [0.05, 0.1) is 17.6 Å². The van der Waals surface area contributed by atoms with Crippen molar-refractivity contribution in [2.24, 2.45) is 5.92 Å². The summed E-state index contributed by atoms with van der Waals surface area (Å²) in [5, 5.41) is 2.77. The molecule has 1 fully saturated rings. The van der Waals surface area contributed by atoms with Crippen LogP contribution in [-0.2, 0) is 9.59 Å². The lowest BCUT2D eigenvalue weighted by molar-refractivity contribution is -0.126. The number of para-hydroxylation sites is 1. The third-order valence-electron chi connectivity index (χ3n) is 4.44. The van der Waals surface area contributed by atoms with E-state index in [1.165, 1.54) is 6.07 Å². The van der Waals surface area contributed by atoms with Gasteiger partial charge in [-0.15, -0.1) is 0 Å². The number of anilines is 1. The van der Waals surface area contributed by atoms with Crippen molar-refractivity contribution >= 4 is 33.4 Å². The topological polar surface area (TPSA) is 49.4 Å². The number of halogens is 3. The van der Waals surface area contributed by atoms with Gasteiger partial charge in [0.1, 0.15) is 0 Å². The first-order valence-electron chi connectivity index (χ1n) is 8.17. The molecule has 2 aromatic rings. The van der Waals surface area contributed by atoms with Crippen LogP contribution in [-0.4, -0.2) is 18.4 Å². The molecule has 1 heterocycles. The molecule has 136 valence electrons. The molecule has 3 rings (SSSR count). The van der Waals surface area contributed by atoms with Crippen molar-refractivity contribution < 1.29 is 18.4 Å². The summed E-state index contributed by atoms with van der Waals surface area (Å²) in [5.41, 5.74) is 1.19. The molecule has 4 nitrogen and oxygen atoms in total. The fourth-order valence-electron chi connectivity index (χ4n) is 2.98. The zero-order chi connectivity index (χ0) is 18.8. The lowest BCUT2D eigenvalue weighted by atomic mass is 10.0. The van der Waals surface area contributed by atoms with Crippen LogP contribution in [0, 0.1) is 17.6 Å². The zero-order valence-corrected chi connectivity index (χ0v) is 15.6. The fourth-order valence-corrected chi connectivity index (χ4v) is 3.48. The van der Waals surface area contributed by atoms with Crippen LogP contribution in [0.25, 0.3) is 0 Å². The number of carbonyl (C=O) groups excluding carboxylic acids is 2. The average molecular weight is 423 g/mol. The third-order valence-corrected chi connectivity index (χ3v) is 5.11. The molecule has 7 heteroatoms. The van der Waals surface area contributed by atoms with E-state index in [1.54, 1.807) is 11.8 Å². The van der Waals surface area contributed by atoms with Gasteiger partial charge in [-0.25, -0.2) is 8.78 Å². The predicted molar refractivity (Wildman–Crippen MR) is 97.5 cm³/mol. The Kier molecular flexibility index (Phi) is 5.36. The van der Waals surface area contributed by atoms with Crippen molar-refractivity contribution in [3.63, 3.8) is 0 Å². The van der Waals surface area contributed by atoms with Gasteiger partial charge in [-0.3, -0.25) is 9.59 Å². The number of carbonyl (C=O) groups is 2. The van der Waals surface area contributed by atoms with Gasteiger partial charge in [0.2, 0.25) is 11.8 Å². The highest BCUT2D eigenvalue weighted by Crippen LogP contribution is 2.31. The van der Waals surface area contributed by atoms with Crippen LogP contribution in [0.3, 0.4) is 0 Å². The molecule has 0 aromatic heterocycles. The summed E-state index contributed by atoms with van der Waals surface area (Å²) in [7, 11) is 0. The summed E-state index contributed by atoms with van der Waals surface area (Å²) >= 11 is 3.41. The Hall–Kier alpha value is -2.28. The van der Waals surface area contributed by atoms with E-state index in [1.807, 2.05) is 24.3 Å². The minimum atomic E-state index is -0.959. The second kappa shape index (κ2) is 7.53. The minimum Gasteiger partial charge on any atom is -0.349 e. The van der Waals surface area contributed by atoms with Gasteiger partial charge >= 0.3 is 0 Å². The van der Waals surface area contributed by atoms with Gasteiger partial charge in [0.25, 0.3) is 0 Å². The molecule has 2 unspecified atom stereocenters. The molecule has 2 atom stereocenters. The molecule has 1 N–H and O–H groups in total. The molecule has 26 heavy (non-hydrogen) atoms. The highest BCUT2D eigenvalue weighted by atomic mass is 79.9. The smallest absolute Gasteiger partial charge is 0.227 e. The van der Waals surface area contributed by atoms with Crippen molar-refractivity contribution in [3.8, 4) is 0 Å². The quantitative estimate of drug-likeness (QED) is 0.810. The summed E-state index contributed by atoms with van der Waals surface area (Å²) < 4.78 is 27.2. The van der Waals surface area contributed by atoms with E-state index in [0.29, 0.717) is 5.56 Å². The molecule has 0 spiro atoms. The lowest BCUT2D eigenvalue weighted by Crippen LogP contribution is -2.34. The van der Waals surface area contributed by atoms with E-state index in [4.69, 9.17) is 0 Å². The Labute approximate surface area is 158 Å². The maximum absolute atomic E-state index is 13.4. The van der Waals surface area contributed by atoms with Gasteiger partial charge in [0, 0.05) is 17.4 Å². The molecule has 0 aliphatic carbocycles. The molecular formula is C19H17BrF2N2O2. The zero-order valence-electron chi connectivity index (χ0n) is 14.0. The Balaban J connectivity index is 1.68. The number of benzene rings is 2. The number of nitrogens with one attached hydrogen (secondary N) is 1. The molecule has 1 saturated heterocycles. The number of hydrogen-bond acceptors (Lipinski definition) is 2. The lowest BCUT2D eigenvalue weighted by Gasteiger charge is -2.19. The van der Waals surface area contributed by atoms with E-state index in [-0.39, 0.29) is 24.8 Å². The van der Waals surface area contributed by atoms with Gasteiger partial charge in [0.15, 0.2) is 11.6 Å². The van der Waals surface area contributed by atoms with Gasteiger partial charge < -0.3 is 10.2 Å². The van der Waals surface area contributed by atoms with E-state index in [0.717, 1.165) is 22.3 Å². The Morgan fingerprint density at radius 3 is 2.65 bits per heavy atom. The summed E-state index contributed by atoms with van der Waals surface area (Å²) in [4.78, 5) is 26.4. The van der Waals surface area contributed by atoms with Crippen LogP contribution in [0.5, 0.6) is 0 Å². The number of nitrogens with zero attached hydrogens (tertiary/aromatic N) is 1. The highest BCUT2D eigenvalue weighted by molar-refractivity contribution is 9.10. The normalized spacial score (nSPS) is 18.1. The van der Waals surface area contributed by atoms with E-state index >= 15 is 0 Å². The second-order valence-corrected chi connectivity index (χ2v) is 7.11. The Morgan fingerprint density at radius 1 is 1.23 bits per heavy atom. The first-order valence-corrected chi connectivity index (χ1v) is 8.96. The SMILES string of the molecule is CC(NC(=O)C1CC(=O)N(c2ccccc2Br)C1)c1ccc(F)c(F)c1. The number of amides is 2. The van der Waals surface area contributed by atoms with E-state index in [2.05, 4.69) is 21.2 Å². The predicted octanol–water partition coefficient (Wildman–Crippen LogP) is 3.96. The summed E-state index contributed by atoms with van der Waals surface area (Å²) in [6, 6.07) is 10.3. The average Bonchev–Trinajstić information content (AvgIpc) is 2.99. The molecule has 2 aromatic carbocycles. The van der Waals surface area contributed by atoms with Crippen LogP contribution in [0.15, 0.2) is 46.9 Å². The van der Waals surface area contributed by atoms with Crippen LogP contribution in [0.2, 0.25) is 0 Å². The molecule has 0 saturated carbocycles. The van der Waals surface area contributed by atoms with Crippen molar-refractivity contribution in [3.05, 3.63) is 64.1 Å². The van der Waals surface area contributed by atoms with Crippen LogP contribution < -0.4 is 10.2 Å². The monoisotopic (exact) mass is 422 g/mol. The minimum absolute atomic E-state index is 0.109. The first-order chi connectivity index (χ1) is 12.4. The van der Waals surface area contributed by atoms with E-state index < -0.39 is 23.6 Å². The van der Waals surface area contributed by atoms with Gasteiger partial charge in [-0.05, 0) is 52.7 Å². The van der Waals surface area contributed by atoms with Crippen LogP contribution in [0.1, 0.15) is 24.9 Å². The number of hydrogen-bond donors (Lipinski definition) is 1. The third kappa shape index (κ3) is 3.77. The highest BCUT2D eigenvalue weighted by Gasteiger charge is 2.36. The molecule has 1 aliphatic rings. The molecule has 0 bridgehead atoms.